The summed E-state index contributed by atoms with van der Waals surface area (Å²) in [7, 11) is 0. The minimum Gasteiger partial charge on any atom is -0.306 e. The predicted molar refractivity (Wildman–Crippen MR) is 94.5 cm³/mol. The quantitative estimate of drug-likeness (QED) is 0.800. The van der Waals surface area contributed by atoms with Gasteiger partial charge in [0.2, 0.25) is 0 Å². The van der Waals surface area contributed by atoms with Gasteiger partial charge in [-0.1, -0.05) is 42.5 Å². The maximum Gasteiger partial charge on any atom is 0.254 e. The van der Waals surface area contributed by atoms with E-state index in [9.17, 15) is 9.18 Å². The monoisotopic (exact) mass is 335 g/mol. The third-order valence-electron chi connectivity index (χ3n) is 4.49. The van der Waals surface area contributed by atoms with E-state index in [1.54, 1.807) is 12.1 Å². The third-order valence-corrected chi connectivity index (χ3v) is 4.49. The van der Waals surface area contributed by atoms with E-state index in [2.05, 4.69) is 14.9 Å². The number of hydrogen-bond acceptors (Lipinski definition) is 3. The topological polar surface area (TPSA) is 49.0 Å². The van der Waals surface area contributed by atoms with Crippen LogP contribution in [0.1, 0.15) is 16.8 Å². The fourth-order valence-electron chi connectivity index (χ4n) is 3.26. The zero-order valence-corrected chi connectivity index (χ0v) is 13.7. The van der Waals surface area contributed by atoms with Gasteiger partial charge < -0.3 is 4.98 Å². The Morgan fingerprint density at radius 2 is 1.96 bits per heavy atom. The molecule has 1 aliphatic heterocycles. The van der Waals surface area contributed by atoms with E-state index in [0.29, 0.717) is 25.3 Å². The predicted octanol–water partition coefficient (Wildman–Crippen LogP) is 3.13. The van der Waals surface area contributed by atoms with Crippen LogP contribution in [-0.4, -0.2) is 21.4 Å². The Kier molecular flexibility index (Phi) is 4.15. The zero-order chi connectivity index (χ0) is 17.2. The number of H-pyrrole nitrogens is 1. The van der Waals surface area contributed by atoms with Gasteiger partial charge in [0.15, 0.2) is 0 Å². The van der Waals surface area contributed by atoms with Crippen LogP contribution in [0.5, 0.6) is 0 Å². The Bertz CT molecular complexity index is 953. The maximum absolute atomic E-state index is 13.4. The molecule has 0 saturated heterocycles. The first-order chi connectivity index (χ1) is 12.2. The second-order valence-electron chi connectivity index (χ2n) is 6.30. The molecule has 1 aliphatic rings. The van der Waals surface area contributed by atoms with Gasteiger partial charge in [-0.2, -0.15) is 0 Å². The van der Waals surface area contributed by atoms with Crippen LogP contribution in [-0.2, 0) is 19.5 Å². The molecule has 1 aromatic heterocycles. The highest BCUT2D eigenvalue weighted by Crippen LogP contribution is 2.20. The van der Waals surface area contributed by atoms with Crippen LogP contribution in [0.25, 0.3) is 11.4 Å². The van der Waals surface area contributed by atoms with E-state index in [1.807, 2.05) is 36.4 Å². The van der Waals surface area contributed by atoms with Gasteiger partial charge in [0.1, 0.15) is 11.6 Å². The minimum absolute atomic E-state index is 0.0609. The number of aromatic nitrogens is 2. The van der Waals surface area contributed by atoms with Crippen molar-refractivity contribution in [2.45, 2.75) is 19.5 Å². The molecule has 1 N–H and O–H groups in total. The van der Waals surface area contributed by atoms with Crippen LogP contribution in [0.2, 0.25) is 0 Å². The SMILES string of the molecule is O=c1[nH]c(-c2ccccc2)nc2c1CCN(Cc1cccc(F)c1)C2. The normalized spacial score (nSPS) is 14.3. The van der Waals surface area contributed by atoms with Crippen molar-refractivity contribution in [2.24, 2.45) is 0 Å². The molecule has 2 aromatic carbocycles. The van der Waals surface area contributed by atoms with Crippen molar-refractivity contribution in [3.05, 3.63) is 87.6 Å². The number of benzene rings is 2. The van der Waals surface area contributed by atoms with Gasteiger partial charge in [-0.25, -0.2) is 9.37 Å². The standard InChI is InChI=1S/C20H18FN3O/c21-16-8-4-5-14(11-16)12-24-10-9-17-18(13-24)22-19(23-20(17)25)15-6-2-1-3-7-15/h1-8,11H,9-10,12-13H2,(H,22,23,25). The summed E-state index contributed by atoms with van der Waals surface area (Å²) in [6, 6.07) is 16.3. The maximum atomic E-state index is 13.4. The Morgan fingerprint density at radius 3 is 2.76 bits per heavy atom. The number of hydrogen-bond donors (Lipinski definition) is 1. The summed E-state index contributed by atoms with van der Waals surface area (Å²) in [5.41, 5.74) is 3.33. The summed E-state index contributed by atoms with van der Waals surface area (Å²) < 4.78 is 13.4. The average molecular weight is 335 g/mol. The molecule has 4 nitrogen and oxygen atoms in total. The van der Waals surface area contributed by atoms with Gasteiger partial charge >= 0.3 is 0 Å². The minimum atomic E-state index is -0.226. The molecule has 0 bridgehead atoms. The van der Waals surface area contributed by atoms with Crippen molar-refractivity contribution in [1.82, 2.24) is 14.9 Å². The van der Waals surface area contributed by atoms with Crippen molar-refractivity contribution < 1.29 is 4.39 Å². The molecule has 25 heavy (non-hydrogen) atoms. The van der Waals surface area contributed by atoms with E-state index in [4.69, 9.17) is 0 Å². The molecule has 126 valence electrons. The van der Waals surface area contributed by atoms with Crippen LogP contribution in [0.4, 0.5) is 4.39 Å². The molecule has 0 aliphatic carbocycles. The lowest BCUT2D eigenvalue weighted by molar-refractivity contribution is 0.240. The summed E-state index contributed by atoms with van der Waals surface area (Å²) in [6.07, 6.45) is 0.655. The van der Waals surface area contributed by atoms with Crippen LogP contribution >= 0.6 is 0 Å². The van der Waals surface area contributed by atoms with E-state index in [1.165, 1.54) is 6.07 Å². The van der Waals surface area contributed by atoms with Crippen molar-refractivity contribution in [3.8, 4) is 11.4 Å². The summed E-state index contributed by atoms with van der Waals surface area (Å²) in [6.45, 7) is 2.00. The lowest BCUT2D eigenvalue weighted by Gasteiger charge is -2.27. The molecule has 0 spiro atoms. The molecule has 5 heteroatoms. The fourth-order valence-corrected chi connectivity index (χ4v) is 3.26. The fraction of sp³-hybridized carbons (Fsp3) is 0.200. The summed E-state index contributed by atoms with van der Waals surface area (Å²) in [4.78, 5) is 22.2. The number of nitrogens with one attached hydrogen (secondary N) is 1. The van der Waals surface area contributed by atoms with Crippen molar-refractivity contribution in [2.75, 3.05) is 6.54 Å². The average Bonchev–Trinajstić information content (AvgIpc) is 2.62. The van der Waals surface area contributed by atoms with E-state index in [0.717, 1.165) is 28.9 Å². The second kappa shape index (κ2) is 6.61. The smallest absolute Gasteiger partial charge is 0.254 e. The molecule has 2 heterocycles. The molecular formula is C20H18FN3O. The van der Waals surface area contributed by atoms with E-state index >= 15 is 0 Å². The van der Waals surface area contributed by atoms with Gasteiger partial charge in [0.05, 0.1) is 5.69 Å². The first-order valence-corrected chi connectivity index (χ1v) is 8.33. The van der Waals surface area contributed by atoms with Crippen LogP contribution in [0.3, 0.4) is 0 Å². The Balaban J connectivity index is 1.61. The Morgan fingerprint density at radius 1 is 1.12 bits per heavy atom. The third kappa shape index (κ3) is 3.37. The van der Waals surface area contributed by atoms with Crippen LogP contribution in [0.15, 0.2) is 59.4 Å². The number of halogens is 1. The van der Waals surface area contributed by atoms with Crippen molar-refractivity contribution in [3.63, 3.8) is 0 Å². The van der Waals surface area contributed by atoms with E-state index in [-0.39, 0.29) is 11.4 Å². The van der Waals surface area contributed by atoms with Gasteiger partial charge in [0.25, 0.3) is 5.56 Å². The van der Waals surface area contributed by atoms with Gasteiger partial charge in [-0.3, -0.25) is 9.69 Å². The largest absolute Gasteiger partial charge is 0.306 e. The first kappa shape index (κ1) is 15.7. The summed E-state index contributed by atoms with van der Waals surface area (Å²) in [5.74, 6) is 0.368. The van der Waals surface area contributed by atoms with Crippen LogP contribution in [0, 0.1) is 5.82 Å². The molecule has 0 unspecified atom stereocenters. The number of rotatable bonds is 3. The summed E-state index contributed by atoms with van der Waals surface area (Å²) in [5, 5.41) is 0. The molecular weight excluding hydrogens is 317 g/mol. The molecule has 4 rings (SSSR count). The molecule has 0 radical (unpaired) electrons. The molecule has 0 amide bonds. The molecule has 0 atom stereocenters. The first-order valence-electron chi connectivity index (χ1n) is 8.33. The highest BCUT2D eigenvalue weighted by Gasteiger charge is 2.21. The van der Waals surface area contributed by atoms with Gasteiger partial charge in [-0.15, -0.1) is 0 Å². The van der Waals surface area contributed by atoms with Gasteiger partial charge in [0, 0.05) is 30.8 Å². The number of aromatic amines is 1. The van der Waals surface area contributed by atoms with Crippen molar-refractivity contribution in [1.29, 1.82) is 0 Å². The van der Waals surface area contributed by atoms with Crippen LogP contribution < -0.4 is 5.56 Å². The Hall–Kier alpha value is -2.79. The van der Waals surface area contributed by atoms with Crippen molar-refractivity contribution >= 4 is 0 Å². The highest BCUT2D eigenvalue weighted by atomic mass is 19.1. The lowest BCUT2D eigenvalue weighted by Crippen LogP contribution is -2.35. The number of nitrogens with zero attached hydrogens (tertiary/aromatic N) is 2. The second-order valence-corrected chi connectivity index (χ2v) is 6.30. The zero-order valence-electron chi connectivity index (χ0n) is 13.7. The lowest BCUT2D eigenvalue weighted by atomic mass is 10.0. The molecule has 0 fully saturated rings. The number of fused-ring (bicyclic) bond motifs is 1. The van der Waals surface area contributed by atoms with Gasteiger partial charge in [-0.05, 0) is 24.1 Å². The highest BCUT2D eigenvalue weighted by molar-refractivity contribution is 5.54. The van der Waals surface area contributed by atoms with E-state index < -0.39 is 0 Å². The summed E-state index contributed by atoms with van der Waals surface area (Å²) >= 11 is 0. The molecule has 0 saturated carbocycles. The molecule has 3 aromatic rings. The Labute approximate surface area is 145 Å².